The second-order valence-electron chi connectivity index (χ2n) is 11.5. The second kappa shape index (κ2) is 13.8. The summed E-state index contributed by atoms with van der Waals surface area (Å²) in [5, 5.41) is 0. The Balaban J connectivity index is 1.80. The van der Waals surface area contributed by atoms with Crippen LogP contribution in [-0.4, -0.2) is 19.5 Å². The van der Waals surface area contributed by atoms with Crippen LogP contribution in [0.5, 0.6) is 5.75 Å². The number of nitrogens with zero attached hydrogens (tertiary/aromatic N) is 2. The average molecular weight is 647 g/mol. The van der Waals surface area contributed by atoms with Crippen molar-refractivity contribution < 1.29 is 44.3 Å². The molecule has 0 aromatic heterocycles. The van der Waals surface area contributed by atoms with Crippen molar-refractivity contribution in [2.45, 2.75) is 77.8 Å². The summed E-state index contributed by atoms with van der Waals surface area (Å²) < 4.78 is 126. The van der Waals surface area contributed by atoms with Crippen LogP contribution in [0, 0.1) is 12.8 Å². The zero-order valence-electron chi connectivity index (χ0n) is 24.9. The molecule has 1 saturated carbocycles. The molecule has 4 rings (SSSR count). The van der Waals surface area contributed by atoms with Gasteiger partial charge in [-0.05, 0) is 97.8 Å². The summed E-state index contributed by atoms with van der Waals surface area (Å²) in [6.07, 6.45) is -9.65. The van der Waals surface area contributed by atoms with Gasteiger partial charge in [-0.2, -0.15) is 26.3 Å². The van der Waals surface area contributed by atoms with E-state index < -0.39 is 35.6 Å². The Labute approximate surface area is 256 Å². The minimum Gasteiger partial charge on any atom is -0.406 e. The van der Waals surface area contributed by atoms with Crippen LogP contribution in [0.1, 0.15) is 66.8 Å². The van der Waals surface area contributed by atoms with Crippen molar-refractivity contribution >= 4 is 11.4 Å². The fraction of sp³-hybridized carbons (Fsp3) is 0.455. The maximum Gasteiger partial charge on any atom is 0.573 e. The Morgan fingerprint density at radius 1 is 0.733 bits per heavy atom. The lowest BCUT2D eigenvalue weighted by Gasteiger charge is -2.34. The Morgan fingerprint density at radius 3 is 1.93 bits per heavy atom. The number of aryl methyl sites for hydroxylation is 1. The molecule has 3 aromatic carbocycles. The third-order valence-electron chi connectivity index (χ3n) is 7.96. The lowest BCUT2D eigenvalue weighted by Crippen LogP contribution is -2.32. The molecule has 0 heterocycles. The van der Waals surface area contributed by atoms with E-state index in [9.17, 15) is 39.5 Å². The van der Waals surface area contributed by atoms with Gasteiger partial charge >= 0.3 is 18.7 Å². The molecule has 1 aliphatic carbocycles. The van der Waals surface area contributed by atoms with Gasteiger partial charge in [0.25, 0.3) is 0 Å². The molecule has 45 heavy (non-hydrogen) atoms. The first kappa shape index (κ1) is 34.3. The van der Waals surface area contributed by atoms with E-state index in [1.165, 1.54) is 18.2 Å². The lowest BCUT2D eigenvalue weighted by molar-refractivity contribution is -0.274. The molecule has 0 saturated heterocycles. The highest BCUT2D eigenvalue weighted by Gasteiger charge is 2.37. The first-order chi connectivity index (χ1) is 21.0. The first-order valence-corrected chi connectivity index (χ1v) is 14.8. The van der Waals surface area contributed by atoms with Gasteiger partial charge in [0.1, 0.15) is 5.75 Å². The topological polar surface area (TPSA) is 15.7 Å². The third kappa shape index (κ3) is 9.71. The van der Waals surface area contributed by atoms with Gasteiger partial charge < -0.3 is 14.5 Å². The van der Waals surface area contributed by atoms with Crippen molar-refractivity contribution in [3.63, 3.8) is 0 Å². The first-order valence-electron chi connectivity index (χ1n) is 14.8. The number of halogens is 9. The number of alkyl halides is 9. The second-order valence-corrected chi connectivity index (χ2v) is 11.5. The van der Waals surface area contributed by atoms with Crippen molar-refractivity contribution in [1.82, 2.24) is 0 Å². The van der Waals surface area contributed by atoms with Crippen molar-refractivity contribution in [1.29, 1.82) is 0 Å². The van der Waals surface area contributed by atoms with E-state index in [1.807, 2.05) is 6.92 Å². The smallest absolute Gasteiger partial charge is 0.406 e. The summed E-state index contributed by atoms with van der Waals surface area (Å²) in [6, 6.07) is 12.2. The minimum absolute atomic E-state index is 0.0704. The molecule has 0 amide bonds. The fourth-order valence-electron chi connectivity index (χ4n) is 5.87. The predicted molar refractivity (Wildman–Crippen MR) is 155 cm³/mol. The molecule has 3 nitrogen and oxygen atoms in total. The van der Waals surface area contributed by atoms with Crippen LogP contribution in [0.25, 0.3) is 0 Å². The van der Waals surface area contributed by atoms with Gasteiger partial charge in [0.2, 0.25) is 0 Å². The highest BCUT2D eigenvalue weighted by atomic mass is 19.4. The normalized spacial score (nSPS) is 14.8. The van der Waals surface area contributed by atoms with E-state index in [1.54, 1.807) is 36.1 Å². The van der Waals surface area contributed by atoms with Gasteiger partial charge in [-0.3, -0.25) is 0 Å². The van der Waals surface area contributed by atoms with Gasteiger partial charge in [0.15, 0.2) is 0 Å². The molecule has 3 aromatic rings. The summed E-state index contributed by atoms with van der Waals surface area (Å²) >= 11 is 0. The summed E-state index contributed by atoms with van der Waals surface area (Å²) in [4.78, 5) is 3.62. The van der Waals surface area contributed by atoms with Crippen molar-refractivity contribution in [3.8, 4) is 5.75 Å². The number of anilines is 2. The molecule has 0 aliphatic heterocycles. The van der Waals surface area contributed by atoms with Gasteiger partial charge in [-0.25, -0.2) is 0 Å². The van der Waals surface area contributed by atoms with Crippen LogP contribution < -0.4 is 14.5 Å². The molecule has 0 bridgehead atoms. The summed E-state index contributed by atoms with van der Waals surface area (Å²) in [5.74, 6) is -0.0889. The SMILES string of the molecule is CCN(CC1CCCCC1)c1ccc(OC(F)(F)F)cc1CN(Cc1cc(C(F)(F)F)cc(C(F)(F)F)c1)c1cccc(C)c1. The molecule has 12 heteroatoms. The number of benzene rings is 3. The van der Waals surface area contributed by atoms with E-state index in [0.717, 1.165) is 37.7 Å². The van der Waals surface area contributed by atoms with Crippen molar-refractivity contribution in [2.24, 2.45) is 5.92 Å². The Morgan fingerprint density at radius 2 is 1.38 bits per heavy atom. The Bertz CT molecular complexity index is 1390. The average Bonchev–Trinajstić information content (AvgIpc) is 2.94. The van der Waals surface area contributed by atoms with Crippen molar-refractivity contribution in [3.05, 3.63) is 88.5 Å². The van der Waals surface area contributed by atoms with Crippen LogP contribution in [0.4, 0.5) is 50.9 Å². The number of rotatable bonds is 10. The zero-order chi connectivity index (χ0) is 33.0. The van der Waals surface area contributed by atoms with E-state index >= 15 is 0 Å². The van der Waals surface area contributed by atoms with Crippen LogP contribution in [-0.2, 0) is 25.4 Å². The monoisotopic (exact) mass is 646 g/mol. The quantitative estimate of drug-likeness (QED) is 0.204. The Hall–Kier alpha value is -3.57. The van der Waals surface area contributed by atoms with Crippen LogP contribution >= 0.6 is 0 Å². The molecule has 0 N–H and O–H groups in total. The largest absolute Gasteiger partial charge is 0.573 e. The van der Waals surface area contributed by atoms with E-state index in [0.29, 0.717) is 48.1 Å². The van der Waals surface area contributed by atoms with Crippen LogP contribution in [0.2, 0.25) is 0 Å². The maximum atomic E-state index is 13.7. The Kier molecular flexibility index (Phi) is 10.5. The highest BCUT2D eigenvalue weighted by Crippen LogP contribution is 2.38. The van der Waals surface area contributed by atoms with Crippen LogP contribution in [0.15, 0.2) is 60.7 Å². The molecule has 1 aliphatic rings. The summed E-state index contributed by atoms with van der Waals surface area (Å²) in [6.45, 7) is 4.40. The summed E-state index contributed by atoms with van der Waals surface area (Å²) in [5.41, 5.74) is -0.875. The van der Waals surface area contributed by atoms with Gasteiger partial charge in [-0.1, -0.05) is 31.4 Å². The molecule has 1 fully saturated rings. The maximum absolute atomic E-state index is 13.7. The minimum atomic E-state index is -5.03. The van der Waals surface area contributed by atoms with Gasteiger partial charge in [0, 0.05) is 37.6 Å². The predicted octanol–water partition coefficient (Wildman–Crippen LogP) is 10.5. The van der Waals surface area contributed by atoms with E-state index in [2.05, 4.69) is 9.64 Å². The van der Waals surface area contributed by atoms with Gasteiger partial charge in [0.05, 0.1) is 11.1 Å². The van der Waals surface area contributed by atoms with Crippen LogP contribution in [0.3, 0.4) is 0 Å². The molecule has 0 unspecified atom stereocenters. The molecule has 0 spiro atoms. The molecule has 0 radical (unpaired) electrons. The van der Waals surface area contributed by atoms with Crippen molar-refractivity contribution in [2.75, 3.05) is 22.9 Å². The summed E-state index contributed by atoms with van der Waals surface area (Å²) in [7, 11) is 0. The molecular formula is C33H35F9N2O. The zero-order valence-corrected chi connectivity index (χ0v) is 24.9. The van der Waals surface area contributed by atoms with E-state index in [-0.39, 0.29) is 24.7 Å². The number of hydrogen-bond acceptors (Lipinski definition) is 3. The fourth-order valence-corrected chi connectivity index (χ4v) is 5.87. The lowest BCUT2D eigenvalue weighted by atomic mass is 9.88. The van der Waals surface area contributed by atoms with E-state index in [4.69, 9.17) is 0 Å². The third-order valence-corrected chi connectivity index (χ3v) is 7.96. The number of ether oxygens (including phenoxy) is 1. The highest BCUT2D eigenvalue weighted by molar-refractivity contribution is 5.59. The number of hydrogen-bond donors (Lipinski definition) is 0. The molecule has 0 atom stereocenters. The standard InChI is InChI=1S/C33H35F9N2O/c1-3-43(19-23-9-5-4-6-10-23)30-13-12-29(45-33(40,41)42)17-25(30)21-44(28-11-7-8-22(2)14-28)20-24-15-26(31(34,35)36)18-27(16-24)32(37,38)39/h7-8,11-18,23H,3-6,9-10,19-21H2,1-2H3. The molecular weight excluding hydrogens is 611 g/mol. The van der Waals surface area contributed by atoms with Gasteiger partial charge in [-0.15, -0.1) is 13.2 Å². The molecule has 246 valence electrons.